The van der Waals surface area contributed by atoms with Crippen molar-refractivity contribution in [2.24, 2.45) is 0 Å². The lowest BCUT2D eigenvalue weighted by Gasteiger charge is -2.48. The highest BCUT2D eigenvalue weighted by molar-refractivity contribution is 6.34. The number of rotatable bonds is 5. The molecule has 55 heavy (non-hydrogen) atoms. The number of fused-ring (bicyclic) bond motifs is 2. The van der Waals surface area contributed by atoms with Crippen LogP contribution < -0.4 is 33.4 Å². The van der Waals surface area contributed by atoms with Crippen molar-refractivity contribution in [1.29, 1.82) is 0 Å². The van der Waals surface area contributed by atoms with Crippen LogP contribution in [0, 0.1) is 0 Å². The number of ether oxygens (including phenoxy) is 6. The molecule has 5 heterocycles. The Kier molecular flexibility index (Phi) is 8.99. The first-order chi connectivity index (χ1) is 26.8. The number of anilines is 1. The molecular weight excluding hydrogens is 718 g/mol. The van der Waals surface area contributed by atoms with Crippen LogP contribution >= 0.6 is 11.6 Å². The molecule has 7 bridgehead atoms. The Bertz CT molecular complexity index is 2330. The maximum absolute atomic E-state index is 14.8. The molecule has 1 amide bonds. The zero-order valence-corrected chi connectivity index (χ0v) is 32.2. The van der Waals surface area contributed by atoms with Crippen LogP contribution in [0.2, 0.25) is 5.02 Å². The first-order valence-corrected chi connectivity index (χ1v) is 18.9. The van der Waals surface area contributed by atoms with Crippen molar-refractivity contribution in [3.63, 3.8) is 0 Å². The molecule has 5 aromatic carbocycles. The minimum absolute atomic E-state index is 0.0946. The highest BCUT2D eigenvalue weighted by atomic mass is 35.5. The lowest BCUT2D eigenvalue weighted by molar-refractivity contribution is 0.0796. The van der Waals surface area contributed by atoms with Gasteiger partial charge >= 0.3 is 0 Å². The molecule has 10 nitrogen and oxygen atoms in total. The number of carbonyl (C=O) groups excluding carboxylic acids is 1. The predicted molar refractivity (Wildman–Crippen MR) is 210 cm³/mol. The lowest BCUT2D eigenvalue weighted by atomic mass is 9.85. The van der Waals surface area contributed by atoms with E-state index < -0.39 is 0 Å². The Hall–Kier alpha value is -5.42. The van der Waals surface area contributed by atoms with Gasteiger partial charge in [0.1, 0.15) is 5.75 Å². The van der Waals surface area contributed by atoms with Crippen LogP contribution in [0.4, 0.5) is 5.69 Å². The quantitative estimate of drug-likeness (QED) is 0.175. The van der Waals surface area contributed by atoms with E-state index in [9.17, 15) is 4.79 Å². The fourth-order valence-electron chi connectivity index (χ4n) is 8.69. The van der Waals surface area contributed by atoms with Crippen molar-refractivity contribution < 1.29 is 33.2 Å². The van der Waals surface area contributed by atoms with Crippen LogP contribution in [0.5, 0.6) is 46.0 Å². The van der Waals surface area contributed by atoms with E-state index in [1.165, 1.54) is 16.7 Å². The number of amides is 1. The van der Waals surface area contributed by atoms with Crippen LogP contribution in [0.3, 0.4) is 0 Å². The summed E-state index contributed by atoms with van der Waals surface area (Å²) in [7, 11) is 8.71. The topological polar surface area (TPSA) is 82.2 Å². The van der Waals surface area contributed by atoms with E-state index in [-0.39, 0.29) is 18.0 Å². The van der Waals surface area contributed by atoms with Gasteiger partial charge in [-0.15, -0.1) is 0 Å². The van der Waals surface area contributed by atoms with Gasteiger partial charge in [0.05, 0.1) is 50.8 Å². The summed E-state index contributed by atoms with van der Waals surface area (Å²) in [6, 6.07) is 25.2. The van der Waals surface area contributed by atoms with Gasteiger partial charge in [-0.25, -0.2) is 10.0 Å². The molecule has 0 fully saturated rings. The normalized spacial score (nSPS) is 18.5. The highest BCUT2D eigenvalue weighted by Gasteiger charge is 2.44. The second-order valence-corrected chi connectivity index (χ2v) is 14.8. The van der Waals surface area contributed by atoms with Crippen molar-refractivity contribution >= 4 is 23.2 Å². The van der Waals surface area contributed by atoms with Crippen LogP contribution in [-0.4, -0.2) is 64.4 Å². The van der Waals surface area contributed by atoms with E-state index in [0.717, 1.165) is 36.1 Å². The van der Waals surface area contributed by atoms with E-state index in [0.29, 0.717) is 81.7 Å². The Morgan fingerprint density at radius 1 is 0.727 bits per heavy atom. The van der Waals surface area contributed by atoms with Gasteiger partial charge in [-0.05, 0) is 109 Å². The van der Waals surface area contributed by atoms with Gasteiger partial charge in [0.25, 0.3) is 5.91 Å². The zero-order chi connectivity index (χ0) is 38.0. The van der Waals surface area contributed by atoms with Gasteiger partial charge < -0.3 is 28.4 Å². The summed E-state index contributed by atoms with van der Waals surface area (Å²) in [6.07, 6.45) is 2.81. The van der Waals surface area contributed by atoms with Gasteiger partial charge in [0, 0.05) is 30.8 Å². The summed E-state index contributed by atoms with van der Waals surface area (Å²) >= 11 is 6.71. The highest BCUT2D eigenvalue weighted by Crippen LogP contribution is 2.55. The van der Waals surface area contributed by atoms with Crippen molar-refractivity contribution in [3.05, 3.63) is 123 Å². The Morgan fingerprint density at radius 2 is 1.44 bits per heavy atom. The first-order valence-electron chi connectivity index (χ1n) is 18.5. The minimum atomic E-state index is -0.362. The Morgan fingerprint density at radius 3 is 2.18 bits per heavy atom. The molecular formula is C44H42ClN3O7. The van der Waals surface area contributed by atoms with Gasteiger partial charge in [-0.3, -0.25) is 9.69 Å². The van der Waals surface area contributed by atoms with Gasteiger partial charge in [0.2, 0.25) is 5.75 Å². The van der Waals surface area contributed by atoms with Crippen molar-refractivity contribution in [2.45, 2.75) is 37.8 Å². The summed E-state index contributed by atoms with van der Waals surface area (Å²) in [5.41, 5.74) is 7.49. The number of benzene rings is 5. The standard InChI is InChI=1S/C44H42ClN3O7/c1-46-16-14-26-20-36(50-2)39-23-31(26)34(46)18-25-10-12-29(13-11-25)54-38-22-28-19-35-41-27(21-40(52-4)42(53-5)43(41)55-39)15-17-47(35)48(33(28)24-37(38)51-3)44(49)30-8-6-7-9-32(30)45/h6-13,20-24,34-35H,14-19H2,1-5H3/t34-,35-/m0/s1. The number of hydrogen-bond acceptors (Lipinski definition) is 9. The Balaban J connectivity index is 1.31. The number of hydrogen-bond donors (Lipinski definition) is 0. The molecule has 2 atom stereocenters. The molecule has 5 aliphatic rings. The largest absolute Gasteiger partial charge is 0.493 e. The number of halogens is 1. The molecule has 282 valence electrons. The summed E-state index contributed by atoms with van der Waals surface area (Å²) in [6.45, 7) is 1.45. The Labute approximate surface area is 325 Å². The third-order valence-electron chi connectivity index (χ3n) is 11.5. The smallest absolute Gasteiger partial charge is 0.274 e. The average Bonchev–Trinajstić information content (AvgIpc) is 3.20. The van der Waals surface area contributed by atoms with Crippen LogP contribution in [0.1, 0.15) is 55.8 Å². The molecule has 5 aromatic rings. The SMILES string of the molecule is COc1cc2c3cc1Oc1ccc(cc1)C[C@H]1c4cc(c(OC)cc4CCN1C)Oc1c(OC)c(OC)cc4c1[C@H](C3)N(CC4)N2C(=O)c1ccccc1Cl. The first kappa shape index (κ1) is 35.3. The van der Waals surface area contributed by atoms with Gasteiger partial charge in [-0.2, -0.15) is 0 Å². The number of hydrazine groups is 1. The average molecular weight is 760 g/mol. The second-order valence-electron chi connectivity index (χ2n) is 14.4. The van der Waals surface area contributed by atoms with Gasteiger partial charge in [0.15, 0.2) is 34.5 Å². The fourth-order valence-corrected chi connectivity index (χ4v) is 8.91. The molecule has 0 unspecified atom stereocenters. The van der Waals surface area contributed by atoms with E-state index in [1.54, 1.807) is 45.6 Å². The molecule has 10 rings (SSSR count). The summed E-state index contributed by atoms with van der Waals surface area (Å²) in [5, 5.41) is 4.22. The van der Waals surface area contributed by atoms with E-state index in [2.05, 4.69) is 41.2 Å². The molecule has 0 aromatic heterocycles. The molecule has 0 aliphatic carbocycles. The summed E-state index contributed by atoms with van der Waals surface area (Å²) in [5.74, 6) is 4.21. The molecule has 0 radical (unpaired) electrons. The zero-order valence-electron chi connectivity index (χ0n) is 31.5. The third-order valence-corrected chi connectivity index (χ3v) is 11.8. The number of carbonyl (C=O) groups is 1. The van der Waals surface area contributed by atoms with E-state index in [1.807, 2.05) is 42.5 Å². The predicted octanol–water partition coefficient (Wildman–Crippen LogP) is 8.76. The van der Waals surface area contributed by atoms with E-state index >= 15 is 0 Å². The molecule has 0 saturated heterocycles. The van der Waals surface area contributed by atoms with Crippen LogP contribution in [0.25, 0.3) is 0 Å². The number of nitrogens with zero attached hydrogens (tertiary/aromatic N) is 3. The summed E-state index contributed by atoms with van der Waals surface area (Å²) < 4.78 is 37.7. The third kappa shape index (κ3) is 5.91. The van der Waals surface area contributed by atoms with Crippen LogP contribution in [-0.2, 0) is 25.7 Å². The van der Waals surface area contributed by atoms with Crippen molar-refractivity contribution in [3.8, 4) is 46.0 Å². The molecule has 0 saturated carbocycles. The van der Waals surface area contributed by atoms with E-state index in [4.69, 9.17) is 40.0 Å². The molecule has 5 aliphatic heterocycles. The number of methoxy groups -OCH3 is 4. The molecule has 0 spiro atoms. The molecule has 11 heteroatoms. The van der Waals surface area contributed by atoms with Crippen LogP contribution in [0.15, 0.2) is 78.9 Å². The maximum atomic E-state index is 14.8. The maximum Gasteiger partial charge on any atom is 0.274 e. The minimum Gasteiger partial charge on any atom is -0.493 e. The molecule has 0 N–H and O–H groups in total. The summed E-state index contributed by atoms with van der Waals surface area (Å²) in [4.78, 5) is 17.2. The lowest BCUT2D eigenvalue weighted by Crippen LogP contribution is -2.54. The second kappa shape index (κ2) is 14.0. The monoisotopic (exact) mass is 759 g/mol. The van der Waals surface area contributed by atoms with Crippen molar-refractivity contribution in [2.75, 3.05) is 53.6 Å². The fraction of sp³-hybridized carbons (Fsp3) is 0.295. The van der Waals surface area contributed by atoms with Crippen molar-refractivity contribution in [1.82, 2.24) is 9.91 Å². The number of likely N-dealkylation sites (N-methyl/N-ethyl adjacent to an activating group) is 1. The van der Waals surface area contributed by atoms with Gasteiger partial charge in [-0.1, -0.05) is 35.9 Å².